The molecule has 0 N–H and O–H groups in total. The van der Waals surface area contributed by atoms with E-state index in [0.717, 1.165) is 0 Å². The number of nitrogens with zero attached hydrogens (tertiary/aromatic N) is 2. The second-order valence-corrected chi connectivity index (χ2v) is 20.3. The first-order valence-electron chi connectivity index (χ1n) is 20.7. The van der Waals surface area contributed by atoms with Crippen LogP contribution in [-0.4, -0.2) is 9.13 Å². The first-order chi connectivity index (χ1) is 26.4. The number of fused-ring (bicyclic) bond motifs is 8. The Labute approximate surface area is 333 Å². The van der Waals surface area contributed by atoms with Crippen molar-refractivity contribution in [2.75, 3.05) is 0 Å². The van der Waals surface area contributed by atoms with Crippen LogP contribution in [-0.2, 0) is 21.7 Å². The molecule has 0 fully saturated rings. The third kappa shape index (κ3) is 4.03. The van der Waals surface area contributed by atoms with Gasteiger partial charge in [0.1, 0.15) is 0 Å². The molecule has 10 rings (SSSR count). The third-order valence-electron chi connectivity index (χ3n) is 17.1. The van der Waals surface area contributed by atoms with Gasteiger partial charge in [0.15, 0.2) is 0 Å². The molecule has 0 radical (unpaired) electrons. The van der Waals surface area contributed by atoms with Crippen molar-refractivity contribution in [2.45, 2.75) is 105 Å². The summed E-state index contributed by atoms with van der Waals surface area (Å²) in [5.74, 6) is 0. The minimum absolute atomic E-state index is 0.00283. The standard InChI is InChI=1S/C54H56N2/c1-49(2)39-29-37-45(31-41(39)51(5,6)53(49,9)10)55(33-21-15-13-16-22-33)43-27-19-25-35(47(37)43)36-26-20-28-44-48(36)38-30-40-42(52(7,8)54(11,12)50(40,3)4)32-46(38)56(44)34-23-17-14-18-24-34/h13-32H,1-12H3. The van der Waals surface area contributed by atoms with Gasteiger partial charge in [-0.1, -0.05) is 144 Å². The lowest BCUT2D eigenvalue weighted by Gasteiger charge is -2.44. The first kappa shape index (κ1) is 35.3. The van der Waals surface area contributed by atoms with E-state index in [-0.39, 0.29) is 32.5 Å². The Hall–Kier alpha value is -5.08. The van der Waals surface area contributed by atoms with Gasteiger partial charge >= 0.3 is 0 Å². The predicted molar refractivity (Wildman–Crippen MR) is 240 cm³/mol. The highest BCUT2D eigenvalue weighted by Gasteiger charge is 2.58. The van der Waals surface area contributed by atoms with Gasteiger partial charge in [0, 0.05) is 32.9 Å². The number of hydrogen-bond acceptors (Lipinski definition) is 0. The summed E-state index contributed by atoms with van der Waals surface area (Å²) in [6.07, 6.45) is 0. The summed E-state index contributed by atoms with van der Waals surface area (Å²) in [5, 5.41) is 5.30. The molecular weight excluding hydrogens is 677 g/mol. The van der Waals surface area contributed by atoms with Crippen molar-refractivity contribution in [3.05, 3.63) is 144 Å². The van der Waals surface area contributed by atoms with Gasteiger partial charge in [-0.25, -0.2) is 0 Å². The molecule has 0 unspecified atom stereocenters. The van der Waals surface area contributed by atoms with E-state index in [0.29, 0.717) is 0 Å². The van der Waals surface area contributed by atoms with Crippen molar-refractivity contribution in [2.24, 2.45) is 10.8 Å². The molecule has 282 valence electrons. The van der Waals surface area contributed by atoms with Gasteiger partial charge in [0.05, 0.1) is 22.1 Å². The highest BCUT2D eigenvalue weighted by Crippen LogP contribution is 2.64. The van der Waals surface area contributed by atoms with Gasteiger partial charge in [-0.15, -0.1) is 0 Å². The molecular formula is C54H56N2. The summed E-state index contributed by atoms with van der Waals surface area (Å²) in [7, 11) is 0. The molecule has 6 aromatic carbocycles. The molecule has 2 aliphatic rings. The summed E-state index contributed by atoms with van der Waals surface area (Å²) in [6.45, 7) is 29.5. The van der Waals surface area contributed by atoms with Crippen molar-refractivity contribution in [3.63, 3.8) is 0 Å². The minimum Gasteiger partial charge on any atom is -0.309 e. The Morgan fingerprint density at radius 3 is 0.982 bits per heavy atom. The molecule has 2 heterocycles. The van der Waals surface area contributed by atoms with E-state index in [1.165, 1.54) is 88.4 Å². The van der Waals surface area contributed by atoms with Crippen LogP contribution in [0.4, 0.5) is 0 Å². The van der Waals surface area contributed by atoms with Crippen molar-refractivity contribution < 1.29 is 0 Å². The molecule has 2 aromatic heterocycles. The normalized spacial score (nSPS) is 19.6. The summed E-state index contributed by atoms with van der Waals surface area (Å²) in [4.78, 5) is 0. The quantitative estimate of drug-likeness (QED) is 0.171. The highest BCUT2D eigenvalue weighted by atomic mass is 15.0. The van der Waals surface area contributed by atoms with Gasteiger partial charge in [-0.3, -0.25) is 0 Å². The first-order valence-corrected chi connectivity index (χ1v) is 20.7. The second-order valence-electron chi connectivity index (χ2n) is 20.3. The van der Waals surface area contributed by atoms with Crippen LogP contribution in [0.25, 0.3) is 66.1 Å². The van der Waals surface area contributed by atoms with Gasteiger partial charge in [-0.2, -0.15) is 0 Å². The number of rotatable bonds is 3. The maximum atomic E-state index is 2.58. The maximum Gasteiger partial charge on any atom is 0.0547 e. The van der Waals surface area contributed by atoms with Crippen LogP contribution in [0.15, 0.2) is 121 Å². The minimum atomic E-state index is -0.00596. The van der Waals surface area contributed by atoms with E-state index in [2.05, 4.69) is 214 Å². The molecule has 8 aromatic rings. The molecule has 56 heavy (non-hydrogen) atoms. The van der Waals surface area contributed by atoms with Gasteiger partial charge in [-0.05, 0) is 127 Å². The van der Waals surface area contributed by atoms with Crippen LogP contribution in [0.2, 0.25) is 0 Å². The summed E-state index contributed by atoms with van der Waals surface area (Å²) in [6, 6.07) is 46.2. The largest absolute Gasteiger partial charge is 0.309 e. The molecule has 2 heteroatoms. The fraction of sp³-hybridized carbons (Fsp3) is 0.333. The highest BCUT2D eigenvalue weighted by molar-refractivity contribution is 6.22. The van der Waals surface area contributed by atoms with Crippen molar-refractivity contribution in [3.8, 4) is 22.5 Å². The van der Waals surface area contributed by atoms with E-state index in [1.54, 1.807) is 0 Å². The Morgan fingerprint density at radius 2 is 0.643 bits per heavy atom. The molecule has 0 amide bonds. The zero-order valence-corrected chi connectivity index (χ0v) is 35.4. The van der Waals surface area contributed by atoms with Gasteiger partial charge in [0.2, 0.25) is 0 Å². The number of hydrogen-bond donors (Lipinski definition) is 0. The van der Waals surface area contributed by atoms with E-state index in [1.807, 2.05) is 0 Å². The summed E-state index contributed by atoms with van der Waals surface area (Å²) in [5.41, 5.74) is 16.0. The van der Waals surface area contributed by atoms with Crippen LogP contribution in [0.1, 0.15) is 105 Å². The molecule has 0 atom stereocenters. The topological polar surface area (TPSA) is 9.86 Å². The monoisotopic (exact) mass is 732 g/mol. The maximum absolute atomic E-state index is 2.58. The Balaban J connectivity index is 1.37. The molecule has 0 aliphatic heterocycles. The number of para-hydroxylation sites is 2. The van der Waals surface area contributed by atoms with Crippen molar-refractivity contribution >= 4 is 43.6 Å². The molecule has 0 saturated carbocycles. The SMILES string of the molecule is CC1(C)c2cc3c4c(-c5cccc6c5c5cc7c(cc5n6-c5ccccc5)C(C)(C)C(C)(C)C7(C)C)cccc4n(-c4ccccc4)c3cc2C(C)(C)C1(C)C. The van der Waals surface area contributed by atoms with Crippen molar-refractivity contribution in [1.29, 1.82) is 0 Å². The van der Waals surface area contributed by atoms with Crippen molar-refractivity contribution in [1.82, 2.24) is 9.13 Å². The van der Waals surface area contributed by atoms with Gasteiger partial charge < -0.3 is 9.13 Å². The van der Waals surface area contributed by atoms with Crippen LogP contribution in [0.3, 0.4) is 0 Å². The lowest BCUT2D eigenvalue weighted by atomic mass is 9.59. The average molecular weight is 733 g/mol. The Kier molecular flexibility index (Phi) is 6.85. The molecule has 0 spiro atoms. The van der Waals surface area contributed by atoms with Crippen LogP contribution in [0.5, 0.6) is 0 Å². The van der Waals surface area contributed by atoms with Crippen LogP contribution >= 0.6 is 0 Å². The second kappa shape index (κ2) is 10.9. The Morgan fingerprint density at radius 1 is 0.321 bits per heavy atom. The zero-order valence-electron chi connectivity index (χ0n) is 35.4. The number of benzene rings is 6. The summed E-state index contributed by atoms with van der Waals surface area (Å²) >= 11 is 0. The lowest BCUT2D eigenvalue weighted by molar-refractivity contribution is 0.125. The smallest absolute Gasteiger partial charge is 0.0547 e. The molecule has 2 nitrogen and oxygen atoms in total. The predicted octanol–water partition coefficient (Wildman–Crippen LogP) is 14.7. The molecule has 0 saturated heterocycles. The zero-order chi connectivity index (χ0) is 39.5. The summed E-state index contributed by atoms with van der Waals surface area (Å²) < 4.78 is 5.05. The van der Waals surface area contributed by atoms with Gasteiger partial charge in [0.25, 0.3) is 0 Å². The third-order valence-corrected chi connectivity index (χ3v) is 17.1. The molecule has 2 aliphatic carbocycles. The van der Waals surface area contributed by atoms with Crippen LogP contribution < -0.4 is 0 Å². The van der Waals surface area contributed by atoms with E-state index in [9.17, 15) is 0 Å². The fourth-order valence-corrected chi connectivity index (χ4v) is 11.4. The fourth-order valence-electron chi connectivity index (χ4n) is 11.4. The molecule has 0 bridgehead atoms. The number of aromatic nitrogens is 2. The Bertz CT molecular complexity index is 2740. The van der Waals surface area contributed by atoms with E-state index >= 15 is 0 Å². The van der Waals surface area contributed by atoms with E-state index in [4.69, 9.17) is 0 Å². The van der Waals surface area contributed by atoms with E-state index < -0.39 is 0 Å². The van der Waals surface area contributed by atoms with Crippen LogP contribution in [0, 0.1) is 10.8 Å². The average Bonchev–Trinajstić information content (AvgIpc) is 3.74. The lowest BCUT2D eigenvalue weighted by Crippen LogP contribution is -2.42.